The Hall–Kier alpha value is -1.43. The number of amides is 2. The molecule has 2 rings (SSSR count). The summed E-state index contributed by atoms with van der Waals surface area (Å²) in [5, 5.41) is 8.87. The van der Waals surface area contributed by atoms with E-state index in [9.17, 15) is 14.4 Å². The lowest BCUT2D eigenvalue weighted by Gasteiger charge is -2.21. The highest BCUT2D eigenvalue weighted by Gasteiger charge is 2.52. The molecule has 3 atom stereocenters. The van der Waals surface area contributed by atoms with Crippen LogP contribution in [0.3, 0.4) is 0 Å². The van der Waals surface area contributed by atoms with E-state index >= 15 is 0 Å². The predicted molar refractivity (Wildman–Crippen MR) is 53.4 cm³/mol. The lowest BCUT2D eigenvalue weighted by Crippen LogP contribution is -2.40. The molecular weight excluding hydrogens is 212 g/mol. The van der Waals surface area contributed by atoms with Gasteiger partial charge in [-0.05, 0) is 6.92 Å². The number of nitrogens with zero attached hydrogens (tertiary/aromatic N) is 2. The van der Waals surface area contributed by atoms with Crippen molar-refractivity contribution < 1.29 is 19.5 Å². The molecule has 2 aliphatic rings. The van der Waals surface area contributed by atoms with Crippen molar-refractivity contribution in [1.82, 2.24) is 9.80 Å². The van der Waals surface area contributed by atoms with Crippen LogP contribution >= 0.6 is 0 Å². The summed E-state index contributed by atoms with van der Waals surface area (Å²) < 4.78 is 0. The van der Waals surface area contributed by atoms with Gasteiger partial charge in [0.05, 0.1) is 11.8 Å². The number of carbonyl (C=O) groups excluding carboxylic acids is 2. The van der Waals surface area contributed by atoms with Gasteiger partial charge in [0.2, 0.25) is 11.8 Å². The first-order valence-corrected chi connectivity index (χ1v) is 5.21. The number of fused-ring (bicyclic) bond motifs is 1. The quantitative estimate of drug-likeness (QED) is 0.611. The smallest absolute Gasteiger partial charge is 0.320 e. The molecule has 0 aliphatic carbocycles. The SMILES string of the molecule is C[C@@H](C(=O)O)N1C[C@@H]2C(=O)N(C)C(=O)[C@@H]2C1. The molecular formula is C10H14N2O4. The molecule has 2 amide bonds. The van der Waals surface area contributed by atoms with Gasteiger partial charge in [-0.3, -0.25) is 24.2 Å². The summed E-state index contributed by atoms with van der Waals surface area (Å²) in [6.45, 7) is 2.31. The van der Waals surface area contributed by atoms with Gasteiger partial charge in [0.1, 0.15) is 6.04 Å². The molecule has 88 valence electrons. The van der Waals surface area contributed by atoms with Gasteiger partial charge < -0.3 is 5.11 Å². The van der Waals surface area contributed by atoms with Crippen LogP contribution in [0.5, 0.6) is 0 Å². The van der Waals surface area contributed by atoms with Crippen LogP contribution in [0.25, 0.3) is 0 Å². The Bertz CT molecular complexity index is 344. The molecule has 0 spiro atoms. The second-order valence-electron chi connectivity index (χ2n) is 4.42. The Balaban J connectivity index is 2.13. The number of carbonyl (C=O) groups is 3. The zero-order valence-electron chi connectivity index (χ0n) is 9.21. The van der Waals surface area contributed by atoms with E-state index in [1.807, 2.05) is 0 Å². The van der Waals surface area contributed by atoms with E-state index in [4.69, 9.17) is 5.11 Å². The minimum Gasteiger partial charge on any atom is -0.480 e. The third-order valence-electron chi connectivity index (χ3n) is 3.55. The molecule has 2 saturated heterocycles. The lowest BCUT2D eigenvalue weighted by atomic mass is 10.00. The minimum atomic E-state index is -0.923. The van der Waals surface area contributed by atoms with Gasteiger partial charge in [-0.1, -0.05) is 0 Å². The first-order chi connectivity index (χ1) is 7.43. The summed E-state index contributed by atoms with van der Waals surface area (Å²) in [4.78, 5) is 37.0. The van der Waals surface area contributed by atoms with E-state index in [0.717, 1.165) is 4.90 Å². The van der Waals surface area contributed by atoms with Crippen LogP contribution in [0.15, 0.2) is 0 Å². The number of likely N-dealkylation sites (tertiary alicyclic amines) is 2. The standard InChI is InChI=1S/C10H14N2O4/c1-5(10(15)16)12-3-6-7(4-12)9(14)11(2)8(6)13/h5-7H,3-4H2,1-2H3,(H,15,16)/t5-,6-,7+/m0/s1. The zero-order valence-corrected chi connectivity index (χ0v) is 9.21. The Kier molecular flexibility index (Phi) is 2.46. The van der Waals surface area contributed by atoms with Crippen molar-refractivity contribution in [2.24, 2.45) is 11.8 Å². The van der Waals surface area contributed by atoms with Crippen LogP contribution in [0.1, 0.15) is 6.92 Å². The zero-order chi connectivity index (χ0) is 12.0. The highest BCUT2D eigenvalue weighted by Crippen LogP contribution is 2.33. The molecule has 1 N–H and O–H groups in total. The third kappa shape index (κ3) is 1.41. The van der Waals surface area contributed by atoms with Gasteiger partial charge in [-0.25, -0.2) is 0 Å². The molecule has 2 heterocycles. The maximum atomic E-state index is 11.7. The molecule has 0 bridgehead atoms. The van der Waals surface area contributed by atoms with Gasteiger partial charge in [0.15, 0.2) is 0 Å². The monoisotopic (exact) mass is 226 g/mol. The normalized spacial score (nSPS) is 32.0. The van der Waals surface area contributed by atoms with E-state index in [2.05, 4.69) is 0 Å². The van der Waals surface area contributed by atoms with Crippen LogP contribution in [-0.4, -0.2) is 58.9 Å². The Morgan fingerprint density at radius 2 is 1.75 bits per heavy atom. The molecule has 16 heavy (non-hydrogen) atoms. The molecule has 0 unspecified atom stereocenters. The van der Waals surface area contributed by atoms with Gasteiger partial charge >= 0.3 is 5.97 Å². The molecule has 2 aliphatic heterocycles. The molecule has 2 fully saturated rings. The molecule has 0 radical (unpaired) electrons. The molecule has 6 nitrogen and oxygen atoms in total. The molecule has 0 aromatic carbocycles. The van der Waals surface area contributed by atoms with Gasteiger partial charge in [-0.15, -0.1) is 0 Å². The molecule has 0 aromatic rings. The summed E-state index contributed by atoms with van der Waals surface area (Å²) in [5.74, 6) is -1.99. The van der Waals surface area contributed by atoms with E-state index in [-0.39, 0.29) is 23.7 Å². The van der Waals surface area contributed by atoms with Gasteiger partial charge in [-0.2, -0.15) is 0 Å². The van der Waals surface area contributed by atoms with Crippen LogP contribution in [-0.2, 0) is 14.4 Å². The highest BCUT2D eigenvalue weighted by atomic mass is 16.4. The minimum absolute atomic E-state index is 0.185. The Morgan fingerprint density at radius 3 is 2.12 bits per heavy atom. The molecule has 0 aromatic heterocycles. The Morgan fingerprint density at radius 1 is 1.31 bits per heavy atom. The van der Waals surface area contributed by atoms with Crippen molar-refractivity contribution in [3.8, 4) is 0 Å². The molecule has 6 heteroatoms. The van der Waals surface area contributed by atoms with Crippen molar-refractivity contribution in [3.63, 3.8) is 0 Å². The van der Waals surface area contributed by atoms with Crippen molar-refractivity contribution in [2.75, 3.05) is 20.1 Å². The number of carboxylic acids is 1. The van der Waals surface area contributed by atoms with Gasteiger partial charge in [0.25, 0.3) is 0 Å². The molecule has 0 saturated carbocycles. The van der Waals surface area contributed by atoms with Crippen LogP contribution in [0.2, 0.25) is 0 Å². The number of hydrogen-bond acceptors (Lipinski definition) is 4. The third-order valence-corrected chi connectivity index (χ3v) is 3.55. The second-order valence-corrected chi connectivity index (χ2v) is 4.42. The second kappa shape index (κ2) is 3.55. The Labute approximate surface area is 92.8 Å². The van der Waals surface area contributed by atoms with E-state index in [1.54, 1.807) is 11.8 Å². The van der Waals surface area contributed by atoms with Crippen molar-refractivity contribution >= 4 is 17.8 Å². The number of imide groups is 1. The summed E-state index contributed by atoms with van der Waals surface area (Å²) in [5.41, 5.74) is 0. The lowest BCUT2D eigenvalue weighted by molar-refractivity contribution is -0.144. The van der Waals surface area contributed by atoms with Crippen molar-refractivity contribution in [2.45, 2.75) is 13.0 Å². The topological polar surface area (TPSA) is 77.9 Å². The van der Waals surface area contributed by atoms with Gasteiger partial charge in [0, 0.05) is 20.1 Å². The number of carboxylic acid groups (broad SMARTS) is 1. The summed E-state index contributed by atoms with van der Waals surface area (Å²) in [6, 6.07) is -0.642. The fraction of sp³-hybridized carbons (Fsp3) is 0.700. The predicted octanol–water partition coefficient (Wildman–Crippen LogP) is -0.994. The number of hydrogen-bond donors (Lipinski definition) is 1. The summed E-state index contributed by atoms with van der Waals surface area (Å²) in [6.07, 6.45) is 0. The number of rotatable bonds is 2. The van der Waals surface area contributed by atoms with Crippen molar-refractivity contribution in [3.05, 3.63) is 0 Å². The fourth-order valence-corrected chi connectivity index (χ4v) is 2.41. The summed E-state index contributed by atoms with van der Waals surface area (Å²) >= 11 is 0. The number of aliphatic carboxylic acids is 1. The van der Waals surface area contributed by atoms with E-state index < -0.39 is 12.0 Å². The maximum Gasteiger partial charge on any atom is 0.320 e. The highest BCUT2D eigenvalue weighted by molar-refractivity contribution is 6.05. The maximum absolute atomic E-state index is 11.7. The average molecular weight is 226 g/mol. The van der Waals surface area contributed by atoms with Crippen molar-refractivity contribution in [1.29, 1.82) is 0 Å². The van der Waals surface area contributed by atoms with Crippen LogP contribution < -0.4 is 0 Å². The fourth-order valence-electron chi connectivity index (χ4n) is 2.41. The van der Waals surface area contributed by atoms with E-state index in [1.165, 1.54) is 7.05 Å². The largest absolute Gasteiger partial charge is 0.480 e. The van der Waals surface area contributed by atoms with Crippen LogP contribution in [0.4, 0.5) is 0 Å². The first kappa shape index (κ1) is 11.1. The van der Waals surface area contributed by atoms with Crippen LogP contribution in [0, 0.1) is 11.8 Å². The summed E-state index contributed by atoms with van der Waals surface area (Å²) in [7, 11) is 1.48. The average Bonchev–Trinajstić information content (AvgIpc) is 2.75. The first-order valence-electron chi connectivity index (χ1n) is 5.21. The van der Waals surface area contributed by atoms with E-state index in [0.29, 0.717) is 13.1 Å².